The van der Waals surface area contributed by atoms with Crippen molar-refractivity contribution in [2.24, 2.45) is 0 Å². The highest BCUT2D eigenvalue weighted by Gasteiger charge is 2.25. The number of methoxy groups -OCH3 is 2. The summed E-state index contributed by atoms with van der Waals surface area (Å²) in [7, 11) is 3.31. The lowest BCUT2D eigenvalue weighted by Gasteiger charge is -2.27. The predicted octanol–water partition coefficient (Wildman–Crippen LogP) is 5.41. The molecule has 1 amide bonds. The Labute approximate surface area is 231 Å². The van der Waals surface area contributed by atoms with Crippen LogP contribution in [0.1, 0.15) is 29.5 Å². The number of hydrogen-bond donors (Lipinski definition) is 0. The van der Waals surface area contributed by atoms with Gasteiger partial charge in [0.05, 0.1) is 20.6 Å². The molecule has 0 spiro atoms. The van der Waals surface area contributed by atoms with Gasteiger partial charge in [-0.05, 0) is 71.1 Å². The topological polar surface area (TPSA) is 73.4 Å². The molecule has 0 N–H and O–H groups in total. The Morgan fingerprint density at radius 3 is 2.54 bits per heavy atom. The Balaban J connectivity index is 1.41. The fraction of sp³-hybridized carbons (Fsp3) is 0.333. The highest BCUT2D eigenvalue weighted by molar-refractivity contribution is 7.08. The van der Waals surface area contributed by atoms with Gasteiger partial charge in [-0.3, -0.25) is 4.79 Å². The lowest BCUT2D eigenvalue weighted by Crippen LogP contribution is -2.32. The van der Waals surface area contributed by atoms with Crippen molar-refractivity contribution in [2.75, 3.05) is 39.0 Å². The van der Waals surface area contributed by atoms with Gasteiger partial charge in [0.25, 0.3) is 0 Å². The van der Waals surface area contributed by atoms with E-state index >= 15 is 0 Å². The molecule has 2 aromatic heterocycles. The summed E-state index contributed by atoms with van der Waals surface area (Å²) in [5.74, 6) is 3.80. The number of carbonyl (C=O) groups excluding carboxylic acids is 1. The molecule has 0 saturated carbocycles. The molecule has 39 heavy (non-hydrogen) atoms. The summed E-state index contributed by atoms with van der Waals surface area (Å²) in [6.45, 7) is 2.93. The van der Waals surface area contributed by atoms with Crippen LogP contribution < -0.4 is 23.8 Å². The lowest BCUT2D eigenvalue weighted by atomic mass is 10.1. The van der Waals surface area contributed by atoms with E-state index in [4.69, 9.17) is 23.9 Å². The molecule has 2 aliphatic heterocycles. The Morgan fingerprint density at radius 2 is 1.77 bits per heavy atom. The van der Waals surface area contributed by atoms with Crippen LogP contribution in [-0.4, -0.2) is 49.9 Å². The molecule has 9 heteroatoms. The Hall–Kier alpha value is -3.98. The number of hydrogen-bond acceptors (Lipinski definition) is 8. The maximum atomic E-state index is 13.8. The normalized spacial score (nSPS) is 14.2. The molecule has 0 radical (unpaired) electrons. The number of carbonyl (C=O) groups is 1. The van der Waals surface area contributed by atoms with E-state index in [-0.39, 0.29) is 12.7 Å². The zero-order chi connectivity index (χ0) is 26.8. The Bertz CT molecular complexity index is 1480. The van der Waals surface area contributed by atoms with Crippen LogP contribution in [0.3, 0.4) is 0 Å². The van der Waals surface area contributed by atoms with Gasteiger partial charge in [-0.1, -0.05) is 6.07 Å². The van der Waals surface area contributed by atoms with E-state index < -0.39 is 0 Å². The van der Waals surface area contributed by atoms with Gasteiger partial charge in [-0.2, -0.15) is 11.3 Å². The van der Waals surface area contributed by atoms with Crippen LogP contribution in [0, 0.1) is 0 Å². The maximum absolute atomic E-state index is 13.8. The molecule has 1 saturated heterocycles. The molecule has 4 heterocycles. The molecule has 4 aromatic rings. The molecule has 8 nitrogen and oxygen atoms in total. The van der Waals surface area contributed by atoms with Crippen LogP contribution in [0.15, 0.2) is 53.2 Å². The molecular weight excluding hydrogens is 514 g/mol. The van der Waals surface area contributed by atoms with Gasteiger partial charge < -0.3 is 28.7 Å². The second-order valence-electron chi connectivity index (χ2n) is 9.78. The summed E-state index contributed by atoms with van der Waals surface area (Å²) < 4.78 is 22.4. The molecule has 202 valence electrons. The fourth-order valence-electron chi connectivity index (χ4n) is 5.28. The van der Waals surface area contributed by atoms with Gasteiger partial charge in [0.2, 0.25) is 12.7 Å². The number of pyridine rings is 1. The van der Waals surface area contributed by atoms with E-state index in [0.29, 0.717) is 31.0 Å². The minimum Gasteiger partial charge on any atom is -0.496 e. The zero-order valence-corrected chi connectivity index (χ0v) is 23.0. The second kappa shape index (κ2) is 11.0. The fourth-order valence-corrected chi connectivity index (χ4v) is 5.95. The van der Waals surface area contributed by atoms with Gasteiger partial charge >= 0.3 is 0 Å². The number of anilines is 1. The van der Waals surface area contributed by atoms with Crippen LogP contribution in [-0.2, 0) is 24.3 Å². The summed E-state index contributed by atoms with van der Waals surface area (Å²) >= 11 is 1.60. The molecule has 2 aromatic carbocycles. The summed E-state index contributed by atoms with van der Waals surface area (Å²) in [6, 6.07) is 13.8. The van der Waals surface area contributed by atoms with Crippen molar-refractivity contribution in [1.29, 1.82) is 0 Å². The maximum Gasteiger partial charge on any atom is 0.231 e. The number of aromatic nitrogens is 1. The van der Waals surface area contributed by atoms with Crippen LogP contribution >= 0.6 is 11.3 Å². The number of rotatable bonds is 9. The second-order valence-corrected chi connectivity index (χ2v) is 10.6. The standard InChI is InChI=1S/C30H31N3O5S/c1-35-24-7-8-26(36-2)29-23(24)15-22(30(31-29)32-10-3-4-11-32)17-33(28(34)14-21-9-12-39-18-21)16-20-5-6-25-27(13-20)38-19-37-25/h5-9,12-13,15,18H,3-4,10-11,14,16-17,19H2,1-2H3. The summed E-state index contributed by atoms with van der Waals surface area (Å²) in [6.07, 6.45) is 2.57. The first-order valence-corrected chi connectivity index (χ1v) is 14.0. The van der Waals surface area contributed by atoms with Crippen molar-refractivity contribution in [3.63, 3.8) is 0 Å². The molecule has 1 fully saturated rings. The predicted molar refractivity (Wildman–Crippen MR) is 151 cm³/mol. The number of benzene rings is 2. The first-order chi connectivity index (χ1) is 19.1. The summed E-state index contributed by atoms with van der Waals surface area (Å²) in [5.41, 5.74) is 3.74. The van der Waals surface area contributed by atoms with E-state index in [1.807, 2.05) is 52.1 Å². The van der Waals surface area contributed by atoms with E-state index in [1.165, 1.54) is 0 Å². The Kier molecular flexibility index (Phi) is 7.15. The average Bonchev–Trinajstić information content (AvgIpc) is 3.75. The van der Waals surface area contributed by atoms with Gasteiger partial charge in [0.1, 0.15) is 22.8 Å². The van der Waals surface area contributed by atoms with Crippen molar-refractivity contribution in [3.05, 3.63) is 69.9 Å². The van der Waals surface area contributed by atoms with Crippen molar-refractivity contribution < 1.29 is 23.7 Å². The van der Waals surface area contributed by atoms with Gasteiger partial charge in [-0.15, -0.1) is 0 Å². The summed E-state index contributed by atoms with van der Waals surface area (Å²) in [4.78, 5) is 23.1. The number of ether oxygens (including phenoxy) is 4. The highest BCUT2D eigenvalue weighted by atomic mass is 32.1. The van der Waals surface area contributed by atoms with Crippen molar-refractivity contribution in [2.45, 2.75) is 32.4 Å². The monoisotopic (exact) mass is 545 g/mol. The number of thiophene rings is 1. The third-order valence-corrected chi connectivity index (χ3v) is 8.00. The third-order valence-electron chi connectivity index (χ3n) is 7.27. The minimum atomic E-state index is 0.0520. The first-order valence-electron chi connectivity index (χ1n) is 13.1. The SMILES string of the molecule is COc1ccc(OC)c2nc(N3CCCC3)c(CN(Cc3ccc4c(c3)OCO4)C(=O)Cc3ccsc3)cc12. The summed E-state index contributed by atoms with van der Waals surface area (Å²) in [5, 5.41) is 4.90. The Morgan fingerprint density at radius 1 is 0.974 bits per heavy atom. The highest BCUT2D eigenvalue weighted by Crippen LogP contribution is 2.37. The van der Waals surface area contributed by atoms with Gasteiger partial charge in [0, 0.05) is 37.1 Å². The van der Waals surface area contributed by atoms with E-state index in [0.717, 1.165) is 70.8 Å². The van der Waals surface area contributed by atoms with Crippen LogP contribution in [0.5, 0.6) is 23.0 Å². The van der Waals surface area contributed by atoms with E-state index in [2.05, 4.69) is 11.0 Å². The van der Waals surface area contributed by atoms with Gasteiger partial charge in [0.15, 0.2) is 11.5 Å². The molecule has 0 unspecified atom stereocenters. The molecule has 0 bridgehead atoms. The van der Waals surface area contributed by atoms with Crippen LogP contribution in [0.4, 0.5) is 5.82 Å². The first kappa shape index (κ1) is 25.3. The van der Waals surface area contributed by atoms with Crippen molar-refractivity contribution in [3.8, 4) is 23.0 Å². The molecular formula is C30H31N3O5S. The number of amides is 1. The zero-order valence-electron chi connectivity index (χ0n) is 22.1. The number of nitrogens with zero attached hydrogens (tertiary/aromatic N) is 3. The molecule has 2 aliphatic rings. The van der Waals surface area contributed by atoms with Gasteiger partial charge in [-0.25, -0.2) is 4.98 Å². The lowest BCUT2D eigenvalue weighted by molar-refractivity contribution is -0.131. The van der Waals surface area contributed by atoms with Crippen molar-refractivity contribution in [1.82, 2.24) is 9.88 Å². The van der Waals surface area contributed by atoms with E-state index in [1.54, 1.807) is 25.6 Å². The number of fused-ring (bicyclic) bond motifs is 2. The largest absolute Gasteiger partial charge is 0.496 e. The van der Waals surface area contributed by atoms with Crippen LogP contribution in [0.2, 0.25) is 0 Å². The van der Waals surface area contributed by atoms with E-state index in [9.17, 15) is 4.79 Å². The van der Waals surface area contributed by atoms with Crippen molar-refractivity contribution >= 4 is 34.0 Å². The molecule has 6 rings (SSSR count). The third kappa shape index (κ3) is 5.18. The smallest absolute Gasteiger partial charge is 0.231 e. The quantitative estimate of drug-likeness (QED) is 0.278. The minimum absolute atomic E-state index is 0.0520. The average molecular weight is 546 g/mol. The molecule has 0 aliphatic carbocycles. The molecule has 0 atom stereocenters. The van der Waals surface area contributed by atoms with Crippen LogP contribution in [0.25, 0.3) is 10.9 Å².